The number of methoxy groups -OCH3 is 1. The fraction of sp³-hybridized carbons (Fsp3) is 0.421. The van der Waals surface area contributed by atoms with Crippen molar-refractivity contribution in [1.82, 2.24) is 5.32 Å². The summed E-state index contributed by atoms with van der Waals surface area (Å²) in [6, 6.07) is 7.96. The van der Waals surface area contributed by atoms with Crippen molar-refractivity contribution in [1.29, 1.82) is 0 Å². The summed E-state index contributed by atoms with van der Waals surface area (Å²) in [5.74, 6) is 1.30. The molecule has 1 aliphatic carbocycles. The number of benzene rings is 1. The van der Waals surface area contributed by atoms with E-state index in [1.807, 2.05) is 24.3 Å². The minimum Gasteiger partial charge on any atom is -0.493 e. The molecule has 0 unspecified atom stereocenters. The van der Waals surface area contributed by atoms with Crippen LogP contribution in [0.25, 0.3) is 17.0 Å². The predicted octanol–water partition coefficient (Wildman–Crippen LogP) is 4.29. The topological polar surface area (TPSA) is 51.5 Å². The average Bonchev–Trinajstić information content (AvgIpc) is 2.82. The lowest BCUT2D eigenvalue weighted by Crippen LogP contribution is -2.33. The van der Waals surface area contributed by atoms with E-state index in [2.05, 4.69) is 5.32 Å². The molecule has 1 aromatic heterocycles. The van der Waals surface area contributed by atoms with E-state index in [9.17, 15) is 4.79 Å². The van der Waals surface area contributed by atoms with E-state index in [-0.39, 0.29) is 5.91 Å². The summed E-state index contributed by atoms with van der Waals surface area (Å²) >= 11 is 0. The van der Waals surface area contributed by atoms with Gasteiger partial charge in [-0.3, -0.25) is 4.79 Å². The van der Waals surface area contributed by atoms with Gasteiger partial charge in [-0.25, -0.2) is 0 Å². The van der Waals surface area contributed by atoms with Gasteiger partial charge in [0.1, 0.15) is 5.76 Å². The third-order valence-electron chi connectivity index (χ3n) is 4.35. The molecule has 1 amide bonds. The molecule has 2 aromatic rings. The number of carbonyl (C=O) groups excluding carboxylic acids is 1. The molecule has 1 N–H and O–H groups in total. The molecule has 1 saturated carbocycles. The third-order valence-corrected chi connectivity index (χ3v) is 4.35. The highest BCUT2D eigenvalue weighted by atomic mass is 16.5. The first-order chi connectivity index (χ1) is 11.3. The SMILES string of the molecule is COc1cccc2cc(/C=C/C(=O)NC3CCCCCC3)oc12. The molecule has 3 rings (SSSR count). The van der Waals surface area contributed by atoms with Crippen LogP contribution in [-0.2, 0) is 4.79 Å². The van der Waals surface area contributed by atoms with Crippen molar-refractivity contribution < 1.29 is 13.9 Å². The second kappa shape index (κ2) is 7.36. The van der Waals surface area contributed by atoms with E-state index in [0.717, 1.165) is 18.2 Å². The third kappa shape index (κ3) is 3.95. The van der Waals surface area contributed by atoms with Crippen LogP contribution < -0.4 is 10.1 Å². The molecule has 0 aliphatic heterocycles. The number of amides is 1. The summed E-state index contributed by atoms with van der Waals surface area (Å²) in [7, 11) is 1.62. The van der Waals surface area contributed by atoms with Gasteiger partial charge >= 0.3 is 0 Å². The molecule has 1 aromatic carbocycles. The average molecular weight is 313 g/mol. The fourth-order valence-corrected chi connectivity index (χ4v) is 3.13. The van der Waals surface area contributed by atoms with Gasteiger partial charge in [0.25, 0.3) is 0 Å². The molecule has 1 heterocycles. The zero-order valence-electron chi connectivity index (χ0n) is 13.5. The molecule has 0 saturated heterocycles. The van der Waals surface area contributed by atoms with Crippen LogP contribution in [0.4, 0.5) is 0 Å². The maximum absolute atomic E-state index is 12.1. The Morgan fingerprint density at radius 2 is 2.04 bits per heavy atom. The van der Waals surface area contributed by atoms with Crippen molar-refractivity contribution >= 4 is 23.0 Å². The van der Waals surface area contributed by atoms with E-state index in [1.165, 1.54) is 25.7 Å². The Morgan fingerprint density at radius 1 is 1.26 bits per heavy atom. The van der Waals surface area contributed by atoms with Gasteiger partial charge in [0.15, 0.2) is 11.3 Å². The number of furan rings is 1. The smallest absolute Gasteiger partial charge is 0.244 e. The van der Waals surface area contributed by atoms with E-state index in [1.54, 1.807) is 19.3 Å². The van der Waals surface area contributed by atoms with Crippen LogP contribution in [0, 0.1) is 0 Å². The first kappa shape index (κ1) is 15.7. The fourth-order valence-electron chi connectivity index (χ4n) is 3.13. The summed E-state index contributed by atoms with van der Waals surface area (Å²) in [6.45, 7) is 0. The first-order valence-electron chi connectivity index (χ1n) is 8.31. The Balaban J connectivity index is 1.66. The summed E-state index contributed by atoms with van der Waals surface area (Å²) in [6.07, 6.45) is 10.4. The Kier molecular flexibility index (Phi) is 5.01. The predicted molar refractivity (Wildman–Crippen MR) is 91.4 cm³/mol. The number of nitrogens with one attached hydrogen (secondary N) is 1. The second-order valence-electron chi connectivity index (χ2n) is 6.06. The molecule has 122 valence electrons. The Bertz CT molecular complexity index is 694. The Morgan fingerprint density at radius 3 is 2.78 bits per heavy atom. The highest BCUT2D eigenvalue weighted by Gasteiger charge is 2.13. The van der Waals surface area contributed by atoms with Crippen molar-refractivity contribution in [3.63, 3.8) is 0 Å². The first-order valence-corrected chi connectivity index (χ1v) is 8.31. The number of ether oxygens (including phenoxy) is 1. The zero-order chi connectivity index (χ0) is 16.1. The van der Waals surface area contributed by atoms with Gasteiger partial charge in [-0.05, 0) is 31.1 Å². The number of rotatable bonds is 4. The molecule has 4 heteroatoms. The minimum atomic E-state index is -0.0516. The molecule has 0 bridgehead atoms. The summed E-state index contributed by atoms with van der Waals surface area (Å²) < 4.78 is 11.0. The quantitative estimate of drug-likeness (QED) is 0.676. The van der Waals surface area contributed by atoms with Gasteiger partial charge in [0.05, 0.1) is 7.11 Å². The lowest BCUT2D eigenvalue weighted by Gasteiger charge is -2.14. The van der Waals surface area contributed by atoms with Crippen LogP contribution in [0.2, 0.25) is 0 Å². The highest BCUT2D eigenvalue weighted by Crippen LogP contribution is 2.28. The monoisotopic (exact) mass is 313 g/mol. The van der Waals surface area contributed by atoms with E-state index < -0.39 is 0 Å². The molecule has 4 nitrogen and oxygen atoms in total. The summed E-state index contributed by atoms with van der Waals surface area (Å²) in [5, 5.41) is 4.06. The molecule has 1 aliphatic rings. The molecule has 0 radical (unpaired) electrons. The van der Waals surface area contributed by atoms with E-state index in [0.29, 0.717) is 23.1 Å². The number of para-hydroxylation sites is 1. The summed E-state index contributed by atoms with van der Waals surface area (Å²) in [5.41, 5.74) is 0.707. The summed E-state index contributed by atoms with van der Waals surface area (Å²) in [4.78, 5) is 12.1. The normalized spacial score (nSPS) is 16.6. The highest BCUT2D eigenvalue weighted by molar-refractivity contribution is 5.92. The van der Waals surface area contributed by atoms with Crippen molar-refractivity contribution in [2.75, 3.05) is 7.11 Å². The number of carbonyl (C=O) groups is 1. The number of hydrogen-bond acceptors (Lipinski definition) is 3. The van der Waals surface area contributed by atoms with E-state index in [4.69, 9.17) is 9.15 Å². The number of hydrogen-bond donors (Lipinski definition) is 1. The molecular formula is C19H23NO3. The molecule has 0 atom stereocenters. The van der Waals surface area contributed by atoms with E-state index >= 15 is 0 Å². The van der Waals surface area contributed by atoms with Gasteiger partial charge in [-0.2, -0.15) is 0 Å². The van der Waals surface area contributed by atoms with Gasteiger partial charge < -0.3 is 14.5 Å². The van der Waals surface area contributed by atoms with Crippen LogP contribution in [0.3, 0.4) is 0 Å². The lowest BCUT2D eigenvalue weighted by atomic mass is 10.1. The van der Waals surface area contributed by atoms with Gasteiger partial charge in [0, 0.05) is 17.5 Å². The molecule has 1 fully saturated rings. The van der Waals surface area contributed by atoms with Crippen LogP contribution in [0.5, 0.6) is 5.75 Å². The van der Waals surface area contributed by atoms with Crippen molar-refractivity contribution in [2.24, 2.45) is 0 Å². The van der Waals surface area contributed by atoms with Crippen LogP contribution in [-0.4, -0.2) is 19.1 Å². The van der Waals surface area contributed by atoms with Crippen LogP contribution >= 0.6 is 0 Å². The molecular weight excluding hydrogens is 290 g/mol. The Hall–Kier alpha value is -2.23. The van der Waals surface area contributed by atoms with Gasteiger partial charge in [-0.1, -0.05) is 37.8 Å². The van der Waals surface area contributed by atoms with Gasteiger partial charge in [0.2, 0.25) is 5.91 Å². The zero-order valence-corrected chi connectivity index (χ0v) is 13.5. The Labute approximate surface area is 136 Å². The second-order valence-corrected chi connectivity index (χ2v) is 6.06. The maximum Gasteiger partial charge on any atom is 0.244 e. The van der Waals surface area contributed by atoms with Crippen LogP contribution in [0.1, 0.15) is 44.3 Å². The molecule has 23 heavy (non-hydrogen) atoms. The van der Waals surface area contributed by atoms with Crippen LogP contribution in [0.15, 0.2) is 34.8 Å². The van der Waals surface area contributed by atoms with Gasteiger partial charge in [-0.15, -0.1) is 0 Å². The standard InChI is InChI=1S/C19H23NO3/c1-22-17-10-6-7-14-13-16(23-19(14)17)11-12-18(21)20-15-8-4-2-3-5-9-15/h6-7,10-13,15H,2-5,8-9H2,1H3,(H,20,21)/b12-11+. The van der Waals surface area contributed by atoms with Crippen molar-refractivity contribution in [3.8, 4) is 5.75 Å². The lowest BCUT2D eigenvalue weighted by molar-refractivity contribution is -0.117. The maximum atomic E-state index is 12.1. The largest absolute Gasteiger partial charge is 0.493 e. The van der Waals surface area contributed by atoms with Crippen molar-refractivity contribution in [3.05, 3.63) is 36.1 Å². The minimum absolute atomic E-state index is 0.0516. The number of fused-ring (bicyclic) bond motifs is 1. The molecule has 0 spiro atoms. The van der Waals surface area contributed by atoms with Crippen molar-refractivity contribution in [2.45, 2.75) is 44.6 Å².